The second kappa shape index (κ2) is 8.00. The Kier molecular flexibility index (Phi) is 5.08. The van der Waals surface area contributed by atoms with Crippen molar-refractivity contribution in [1.82, 2.24) is 9.88 Å². The molecule has 0 amide bonds. The Hall–Kier alpha value is -2.64. The molecule has 2 aromatic rings. The summed E-state index contributed by atoms with van der Waals surface area (Å²) in [7, 11) is 2.03. The minimum absolute atomic E-state index is 0.307. The summed E-state index contributed by atoms with van der Waals surface area (Å²) >= 11 is 0. The molecule has 7 nitrogen and oxygen atoms in total. The molecule has 2 fully saturated rings. The molecule has 1 aromatic heterocycles. The van der Waals surface area contributed by atoms with Crippen molar-refractivity contribution in [3.05, 3.63) is 35.9 Å². The molecule has 0 aliphatic carbocycles. The highest BCUT2D eigenvalue weighted by Gasteiger charge is 2.22. The van der Waals surface area contributed by atoms with E-state index in [0.29, 0.717) is 6.04 Å². The lowest BCUT2D eigenvalue weighted by molar-refractivity contribution is 0.122. The number of nitrogens with zero attached hydrogens (tertiary/aromatic N) is 4. The van der Waals surface area contributed by atoms with Crippen LogP contribution in [0.4, 0.5) is 17.2 Å². The van der Waals surface area contributed by atoms with Crippen LogP contribution in [0.3, 0.4) is 0 Å². The van der Waals surface area contributed by atoms with Crippen LogP contribution in [0.1, 0.15) is 12.0 Å². The maximum absolute atomic E-state index is 5.54. The number of hydrogen-bond donors (Lipinski definition) is 1. The van der Waals surface area contributed by atoms with Gasteiger partial charge in [0.2, 0.25) is 0 Å². The van der Waals surface area contributed by atoms with E-state index in [1.807, 2.05) is 13.4 Å². The maximum atomic E-state index is 5.54. The summed E-state index contributed by atoms with van der Waals surface area (Å²) in [5, 5.41) is 3.60. The summed E-state index contributed by atoms with van der Waals surface area (Å²) in [6.07, 6.45) is 2.89. The van der Waals surface area contributed by atoms with Crippen LogP contribution in [0.2, 0.25) is 0 Å². The van der Waals surface area contributed by atoms with E-state index in [0.717, 1.165) is 80.8 Å². The van der Waals surface area contributed by atoms with E-state index < -0.39 is 0 Å². The zero-order chi connectivity index (χ0) is 19.6. The Balaban J connectivity index is 1.46. The number of nitrogens with one attached hydrogen (secondary N) is 1. The molecule has 29 heavy (non-hydrogen) atoms. The van der Waals surface area contributed by atoms with E-state index in [9.17, 15) is 0 Å². The zero-order valence-electron chi connectivity index (χ0n) is 16.8. The molecule has 0 radical (unpaired) electrons. The van der Waals surface area contributed by atoms with Gasteiger partial charge in [0.1, 0.15) is 5.82 Å². The minimum Gasteiger partial charge on any atom is -0.379 e. The van der Waals surface area contributed by atoms with Crippen LogP contribution in [0, 0.1) is 0 Å². The van der Waals surface area contributed by atoms with Crippen LogP contribution in [0.5, 0.6) is 0 Å². The first kappa shape index (κ1) is 18.4. The first-order valence-corrected chi connectivity index (χ1v) is 10.3. The molecule has 0 unspecified atom stereocenters. The van der Waals surface area contributed by atoms with Crippen molar-refractivity contribution in [3.63, 3.8) is 0 Å². The molecular formula is C22H27N5O2. The topological polar surface area (TPSA) is 62.2 Å². The van der Waals surface area contributed by atoms with Gasteiger partial charge in [0.05, 0.1) is 43.6 Å². The summed E-state index contributed by atoms with van der Waals surface area (Å²) in [5.74, 6) is 0.925. The van der Waals surface area contributed by atoms with Gasteiger partial charge in [0.25, 0.3) is 0 Å². The average Bonchev–Trinajstić information content (AvgIpc) is 3.28. The molecule has 0 bridgehead atoms. The van der Waals surface area contributed by atoms with Gasteiger partial charge in [-0.3, -0.25) is 0 Å². The van der Waals surface area contributed by atoms with Gasteiger partial charge in [0, 0.05) is 50.1 Å². The van der Waals surface area contributed by atoms with Gasteiger partial charge in [-0.15, -0.1) is 0 Å². The van der Waals surface area contributed by atoms with E-state index in [1.54, 1.807) is 0 Å². The largest absolute Gasteiger partial charge is 0.379 e. The summed E-state index contributed by atoms with van der Waals surface area (Å²) in [4.78, 5) is 14.1. The predicted octanol–water partition coefficient (Wildman–Crippen LogP) is 2.89. The highest BCUT2D eigenvalue weighted by Crippen LogP contribution is 2.35. The average molecular weight is 393 g/mol. The fourth-order valence-corrected chi connectivity index (χ4v) is 4.05. The quantitative estimate of drug-likeness (QED) is 0.862. The minimum atomic E-state index is 0.307. The highest BCUT2D eigenvalue weighted by atomic mass is 16.5. The number of aliphatic imine (C=N–C) groups is 1. The van der Waals surface area contributed by atoms with Crippen LogP contribution in [-0.2, 0) is 16.0 Å². The predicted molar refractivity (Wildman–Crippen MR) is 115 cm³/mol. The monoisotopic (exact) mass is 393 g/mol. The van der Waals surface area contributed by atoms with Gasteiger partial charge in [-0.25, -0.2) is 9.98 Å². The van der Waals surface area contributed by atoms with Gasteiger partial charge in [-0.05, 0) is 24.6 Å². The number of ether oxygens (including phenoxy) is 2. The molecule has 4 heterocycles. The molecule has 152 valence electrons. The first-order chi connectivity index (χ1) is 14.3. The lowest BCUT2D eigenvalue weighted by Gasteiger charge is -2.29. The molecule has 0 saturated carbocycles. The van der Waals surface area contributed by atoms with E-state index in [2.05, 4.69) is 50.4 Å². The molecule has 0 spiro atoms. The van der Waals surface area contributed by atoms with Crippen molar-refractivity contribution in [1.29, 1.82) is 0 Å². The lowest BCUT2D eigenvalue weighted by Crippen LogP contribution is -2.36. The number of pyridine rings is 1. The maximum Gasteiger partial charge on any atom is 0.134 e. The van der Waals surface area contributed by atoms with Gasteiger partial charge in [0.15, 0.2) is 0 Å². The number of rotatable bonds is 4. The second-order valence-corrected chi connectivity index (χ2v) is 7.86. The Morgan fingerprint density at radius 2 is 1.90 bits per heavy atom. The van der Waals surface area contributed by atoms with Gasteiger partial charge in [-0.2, -0.15) is 0 Å². The fourth-order valence-electron chi connectivity index (χ4n) is 4.05. The Labute approximate surface area is 171 Å². The van der Waals surface area contributed by atoms with Crippen LogP contribution >= 0.6 is 0 Å². The van der Waals surface area contributed by atoms with Crippen molar-refractivity contribution in [2.24, 2.45) is 4.99 Å². The third-order valence-electron chi connectivity index (χ3n) is 5.71. The summed E-state index contributed by atoms with van der Waals surface area (Å²) in [6, 6.07) is 11.1. The third kappa shape index (κ3) is 3.93. The zero-order valence-corrected chi connectivity index (χ0v) is 16.8. The Morgan fingerprint density at radius 1 is 1.07 bits per heavy atom. The van der Waals surface area contributed by atoms with Crippen molar-refractivity contribution < 1.29 is 9.47 Å². The van der Waals surface area contributed by atoms with Gasteiger partial charge >= 0.3 is 0 Å². The number of anilines is 2. The van der Waals surface area contributed by atoms with Crippen LogP contribution in [0.25, 0.3) is 11.3 Å². The number of fused-ring (bicyclic) bond motifs is 1. The Morgan fingerprint density at radius 3 is 2.66 bits per heavy atom. The smallest absolute Gasteiger partial charge is 0.134 e. The number of aromatic nitrogens is 1. The molecule has 1 N–H and O–H groups in total. The highest BCUT2D eigenvalue weighted by molar-refractivity contribution is 5.76. The molecule has 3 aliphatic rings. The number of hydrogen-bond acceptors (Lipinski definition) is 7. The first-order valence-electron chi connectivity index (χ1n) is 10.3. The van der Waals surface area contributed by atoms with E-state index >= 15 is 0 Å². The normalized spacial score (nSPS) is 21.3. The third-order valence-corrected chi connectivity index (χ3v) is 5.71. The Bertz CT molecular complexity index is 887. The van der Waals surface area contributed by atoms with E-state index in [-0.39, 0.29) is 0 Å². The van der Waals surface area contributed by atoms with Gasteiger partial charge in [-0.1, -0.05) is 12.1 Å². The van der Waals surface area contributed by atoms with Crippen LogP contribution < -0.4 is 10.2 Å². The lowest BCUT2D eigenvalue weighted by atomic mass is 10.1. The van der Waals surface area contributed by atoms with Crippen LogP contribution in [-0.4, -0.2) is 68.8 Å². The van der Waals surface area contributed by atoms with E-state index in [1.165, 1.54) is 5.69 Å². The second-order valence-electron chi connectivity index (χ2n) is 7.86. The molecule has 2 saturated heterocycles. The van der Waals surface area contributed by atoms with Crippen molar-refractivity contribution in [2.75, 3.05) is 56.8 Å². The molecule has 1 atom stereocenters. The SMILES string of the molecule is CN1C=Nc2cc(-c3ccc(N4CCOCC4)cc3)nc(N[C@H]3CCOC3)c2C1. The van der Waals surface area contributed by atoms with E-state index in [4.69, 9.17) is 14.5 Å². The summed E-state index contributed by atoms with van der Waals surface area (Å²) < 4.78 is 11.0. The van der Waals surface area contributed by atoms with Crippen molar-refractivity contribution >= 4 is 23.5 Å². The molecule has 1 aromatic carbocycles. The van der Waals surface area contributed by atoms with Crippen molar-refractivity contribution in [2.45, 2.75) is 19.0 Å². The molecule has 5 rings (SSSR count). The number of morpholine rings is 1. The summed E-state index contributed by atoms with van der Waals surface area (Å²) in [5.41, 5.74) is 5.42. The summed E-state index contributed by atoms with van der Waals surface area (Å²) in [6.45, 7) is 5.81. The van der Waals surface area contributed by atoms with Gasteiger partial charge < -0.3 is 24.6 Å². The molecule has 3 aliphatic heterocycles. The molecule has 7 heteroatoms. The number of benzene rings is 1. The standard InChI is InChI=1S/C22H27N5O2/c1-26-13-19-21(23-15-26)12-20(25-22(19)24-17-6-9-29-14-17)16-2-4-18(5-3-16)27-7-10-28-11-8-27/h2-5,12,15,17H,6-11,13-14H2,1H3,(H,24,25)/t17-/m0/s1. The van der Waals surface area contributed by atoms with Crippen molar-refractivity contribution in [3.8, 4) is 11.3 Å². The fraction of sp³-hybridized carbons (Fsp3) is 0.455. The van der Waals surface area contributed by atoms with Crippen LogP contribution in [0.15, 0.2) is 35.3 Å². The molecular weight excluding hydrogens is 366 g/mol.